The lowest BCUT2D eigenvalue weighted by atomic mass is 10.2. The first-order valence-corrected chi connectivity index (χ1v) is 7.95. The number of pyridine rings is 1. The highest BCUT2D eigenvalue weighted by Crippen LogP contribution is 2.14. The summed E-state index contributed by atoms with van der Waals surface area (Å²) in [6.45, 7) is 0.173. The van der Waals surface area contributed by atoms with Gasteiger partial charge in [-0.3, -0.25) is 0 Å². The minimum absolute atomic E-state index is 0.150. The molecule has 0 bridgehead atoms. The number of nitrogens with two attached hydrogens (primary N) is 1. The number of para-hydroxylation sites is 1. The first kappa shape index (κ1) is 15.3. The number of sulfonamides is 1. The fourth-order valence-corrected chi connectivity index (χ4v) is 2.91. The van der Waals surface area contributed by atoms with Crippen LogP contribution in [0.15, 0.2) is 42.6 Å². The van der Waals surface area contributed by atoms with Crippen molar-refractivity contribution >= 4 is 15.7 Å². The highest BCUT2D eigenvalue weighted by atomic mass is 32.2. The number of nitrogens with zero attached hydrogens (tertiary/aromatic N) is 1. The Hall–Kier alpha value is -2.12. The maximum Gasteiger partial charge on any atom is 0.216 e. The summed E-state index contributed by atoms with van der Waals surface area (Å²) in [4.78, 5) is 4.02. The van der Waals surface area contributed by atoms with Crippen LogP contribution in [0.3, 0.4) is 0 Å². The van der Waals surface area contributed by atoms with Crippen LogP contribution in [-0.2, 0) is 22.3 Å². The Balaban J connectivity index is 1.99. The molecule has 21 heavy (non-hydrogen) atoms. The molecule has 1 heterocycles. The monoisotopic (exact) mass is 307 g/mol. The molecular formula is C14H17N3O3S. The van der Waals surface area contributed by atoms with Gasteiger partial charge in [0.1, 0.15) is 0 Å². The zero-order chi connectivity index (χ0) is 15.3. The molecular weight excluding hydrogens is 290 g/mol. The second-order valence-corrected chi connectivity index (χ2v) is 6.29. The van der Waals surface area contributed by atoms with Gasteiger partial charge in [0.05, 0.1) is 12.9 Å². The lowest BCUT2D eigenvalue weighted by Crippen LogP contribution is -2.25. The van der Waals surface area contributed by atoms with Gasteiger partial charge >= 0.3 is 0 Å². The van der Waals surface area contributed by atoms with Gasteiger partial charge in [0.15, 0.2) is 0 Å². The van der Waals surface area contributed by atoms with Gasteiger partial charge < -0.3 is 10.5 Å². The zero-order valence-electron chi connectivity index (χ0n) is 11.6. The maximum absolute atomic E-state index is 12.0. The Morgan fingerprint density at radius 3 is 2.62 bits per heavy atom. The maximum atomic E-state index is 12.0. The number of nitrogens with one attached hydrogen (secondary N) is 1. The molecule has 1 aromatic carbocycles. The third-order valence-electron chi connectivity index (χ3n) is 2.90. The van der Waals surface area contributed by atoms with E-state index in [-0.39, 0.29) is 12.3 Å². The second kappa shape index (κ2) is 6.55. The van der Waals surface area contributed by atoms with E-state index >= 15 is 0 Å². The van der Waals surface area contributed by atoms with Crippen LogP contribution < -0.4 is 15.2 Å². The Morgan fingerprint density at radius 2 is 2.00 bits per heavy atom. The summed E-state index contributed by atoms with van der Waals surface area (Å²) >= 11 is 0. The molecule has 0 aliphatic rings. The molecule has 3 N–H and O–H groups in total. The average molecular weight is 307 g/mol. The van der Waals surface area contributed by atoms with Crippen molar-refractivity contribution < 1.29 is 13.2 Å². The summed E-state index contributed by atoms with van der Waals surface area (Å²) in [5.41, 5.74) is 7.55. The lowest BCUT2D eigenvalue weighted by molar-refractivity contribution is 0.397. The number of ether oxygens (including phenoxy) is 1. The molecule has 0 fully saturated rings. The van der Waals surface area contributed by atoms with Crippen LogP contribution in [0.2, 0.25) is 0 Å². The molecule has 2 aromatic rings. The number of nitrogen functional groups attached to an aromatic ring is 1. The predicted molar refractivity (Wildman–Crippen MR) is 81.1 cm³/mol. The van der Waals surface area contributed by atoms with E-state index in [0.717, 1.165) is 5.56 Å². The molecule has 112 valence electrons. The van der Waals surface area contributed by atoms with Gasteiger partial charge in [-0.1, -0.05) is 24.3 Å². The van der Waals surface area contributed by atoms with E-state index < -0.39 is 10.0 Å². The number of anilines is 1. The van der Waals surface area contributed by atoms with Crippen molar-refractivity contribution in [1.82, 2.24) is 9.71 Å². The summed E-state index contributed by atoms with van der Waals surface area (Å²) in [5, 5.41) is 0. The number of aromatic nitrogens is 1. The van der Waals surface area contributed by atoms with Gasteiger partial charge in [-0.2, -0.15) is 0 Å². The van der Waals surface area contributed by atoms with Gasteiger partial charge in [-0.25, -0.2) is 18.1 Å². The first-order chi connectivity index (χ1) is 10.00. The minimum Gasteiger partial charge on any atom is -0.481 e. The van der Waals surface area contributed by atoms with E-state index in [1.807, 2.05) is 0 Å². The number of benzene rings is 1. The summed E-state index contributed by atoms with van der Waals surface area (Å²) in [5.74, 6) is 0.335. The van der Waals surface area contributed by atoms with Crippen molar-refractivity contribution in [2.45, 2.75) is 12.3 Å². The van der Waals surface area contributed by atoms with Crippen LogP contribution >= 0.6 is 0 Å². The van der Waals surface area contributed by atoms with Gasteiger partial charge in [-0.05, 0) is 17.2 Å². The molecule has 0 saturated heterocycles. The zero-order valence-corrected chi connectivity index (χ0v) is 12.4. The summed E-state index contributed by atoms with van der Waals surface area (Å²) in [7, 11) is -1.94. The standard InChI is InChI=1S/C14H17N3O3S/c1-20-14-7-6-11(8-16-14)9-17-21(18,19)10-12-4-2-3-5-13(12)15/h2-8,17H,9-10,15H2,1H3. The van der Waals surface area contributed by atoms with Crippen LogP contribution in [0.25, 0.3) is 0 Å². The smallest absolute Gasteiger partial charge is 0.216 e. The van der Waals surface area contributed by atoms with E-state index in [4.69, 9.17) is 10.5 Å². The number of hydrogen-bond acceptors (Lipinski definition) is 5. The fourth-order valence-electron chi connectivity index (χ4n) is 1.75. The molecule has 0 unspecified atom stereocenters. The molecule has 2 rings (SSSR count). The third kappa shape index (κ3) is 4.44. The molecule has 0 saturated carbocycles. The van der Waals surface area contributed by atoms with E-state index in [1.165, 1.54) is 7.11 Å². The van der Waals surface area contributed by atoms with Crippen molar-refractivity contribution in [1.29, 1.82) is 0 Å². The van der Waals surface area contributed by atoms with E-state index in [9.17, 15) is 8.42 Å². The summed E-state index contributed by atoms with van der Waals surface area (Å²) in [6.07, 6.45) is 1.57. The molecule has 0 aliphatic heterocycles. The Kier molecular flexibility index (Phi) is 4.77. The number of methoxy groups -OCH3 is 1. The highest BCUT2D eigenvalue weighted by Gasteiger charge is 2.13. The molecule has 1 aromatic heterocycles. The molecule has 0 aliphatic carbocycles. The fraction of sp³-hybridized carbons (Fsp3) is 0.214. The Labute approximate surface area is 124 Å². The second-order valence-electron chi connectivity index (χ2n) is 4.49. The molecule has 0 amide bonds. The normalized spacial score (nSPS) is 11.3. The average Bonchev–Trinajstić information content (AvgIpc) is 2.48. The molecule has 0 spiro atoms. The van der Waals surface area contributed by atoms with Crippen molar-refractivity contribution in [2.24, 2.45) is 0 Å². The van der Waals surface area contributed by atoms with Crippen molar-refractivity contribution in [3.63, 3.8) is 0 Å². The third-order valence-corrected chi connectivity index (χ3v) is 4.18. The lowest BCUT2D eigenvalue weighted by Gasteiger charge is -2.09. The van der Waals surface area contributed by atoms with Crippen LogP contribution in [-0.4, -0.2) is 20.5 Å². The van der Waals surface area contributed by atoms with Crippen molar-refractivity contribution in [2.75, 3.05) is 12.8 Å². The van der Waals surface area contributed by atoms with Gasteiger partial charge in [0.25, 0.3) is 0 Å². The van der Waals surface area contributed by atoms with Crippen molar-refractivity contribution in [3.05, 3.63) is 53.7 Å². The van der Waals surface area contributed by atoms with Crippen LogP contribution in [0, 0.1) is 0 Å². The SMILES string of the molecule is COc1ccc(CNS(=O)(=O)Cc2ccccc2N)cn1. The first-order valence-electron chi connectivity index (χ1n) is 6.30. The largest absolute Gasteiger partial charge is 0.481 e. The van der Waals surface area contributed by atoms with E-state index in [2.05, 4.69) is 9.71 Å². The quantitative estimate of drug-likeness (QED) is 0.784. The minimum atomic E-state index is -3.46. The Morgan fingerprint density at radius 1 is 1.24 bits per heavy atom. The van der Waals surface area contributed by atoms with Gasteiger partial charge in [0, 0.05) is 24.5 Å². The van der Waals surface area contributed by atoms with Crippen LogP contribution in [0.1, 0.15) is 11.1 Å². The topological polar surface area (TPSA) is 94.3 Å². The van der Waals surface area contributed by atoms with Crippen molar-refractivity contribution in [3.8, 4) is 5.88 Å². The number of rotatable bonds is 6. The van der Waals surface area contributed by atoms with Crippen LogP contribution in [0.5, 0.6) is 5.88 Å². The highest BCUT2D eigenvalue weighted by molar-refractivity contribution is 7.88. The van der Waals surface area contributed by atoms with Crippen LogP contribution in [0.4, 0.5) is 5.69 Å². The summed E-state index contributed by atoms with van der Waals surface area (Å²) in [6, 6.07) is 10.3. The molecule has 0 radical (unpaired) electrons. The van der Waals surface area contributed by atoms with E-state index in [0.29, 0.717) is 17.1 Å². The predicted octanol–water partition coefficient (Wildman–Crippen LogP) is 1.29. The Bertz CT molecular complexity index is 700. The van der Waals surface area contributed by atoms with Gasteiger partial charge in [0.2, 0.25) is 15.9 Å². The molecule has 6 nitrogen and oxygen atoms in total. The van der Waals surface area contributed by atoms with E-state index in [1.54, 1.807) is 42.6 Å². The van der Waals surface area contributed by atoms with Gasteiger partial charge in [-0.15, -0.1) is 0 Å². The molecule has 7 heteroatoms. The number of hydrogen-bond donors (Lipinski definition) is 2. The summed E-state index contributed by atoms with van der Waals surface area (Å²) < 4.78 is 31.5. The molecule has 0 atom stereocenters.